The first-order valence-corrected chi connectivity index (χ1v) is 8.58. The third-order valence-corrected chi connectivity index (χ3v) is 4.24. The number of nitrogens with one attached hydrogen (secondary N) is 2. The number of furan rings is 1. The highest BCUT2D eigenvalue weighted by Gasteiger charge is 2.26. The Morgan fingerprint density at radius 1 is 1.04 bits per heavy atom. The van der Waals surface area contributed by atoms with E-state index in [0.717, 1.165) is 10.0 Å². The number of hydrogen-bond donors (Lipinski definition) is 2. The van der Waals surface area contributed by atoms with Crippen molar-refractivity contribution in [1.29, 1.82) is 0 Å². The summed E-state index contributed by atoms with van der Waals surface area (Å²) in [7, 11) is 0. The molecule has 0 bridgehead atoms. The summed E-state index contributed by atoms with van der Waals surface area (Å²) in [6, 6.07) is 10.1. The second kappa shape index (κ2) is 8.15. The van der Waals surface area contributed by atoms with Crippen molar-refractivity contribution in [2.24, 2.45) is 5.92 Å². The number of carbonyl (C=O) groups is 2. The Morgan fingerprint density at radius 2 is 1.71 bits per heavy atom. The average molecular weight is 393 g/mol. The molecule has 1 heterocycles. The minimum absolute atomic E-state index is 0.0546. The molecule has 0 saturated heterocycles. The van der Waals surface area contributed by atoms with Gasteiger partial charge < -0.3 is 15.1 Å². The Labute approximate surface area is 149 Å². The van der Waals surface area contributed by atoms with Gasteiger partial charge in [-0.3, -0.25) is 9.59 Å². The Morgan fingerprint density at radius 3 is 2.25 bits per heavy atom. The van der Waals surface area contributed by atoms with Crippen LogP contribution in [0.15, 0.2) is 51.6 Å². The predicted molar refractivity (Wildman–Crippen MR) is 95.5 cm³/mol. The van der Waals surface area contributed by atoms with Gasteiger partial charge in [0.15, 0.2) is 5.76 Å². The van der Waals surface area contributed by atoms with Crippen molar-refractivity contribution < 1.29 is 14.0 Å². The molecule has 0 aliphatic carbocycles. The molecular weight excluding hydrogens is 372 g/mol. The molecule has 0 spiro atoms. The summed E-state index contributed by atoms with van der Waals surface area (Å²) in [5.74, 6) is -0.485. The zero-order chi connectivity index (χ0) is 17.7. The Kier molecular flexibility index (Phi) is 6.20. The molecule has 2 N–H and O–H groups in total. The van der Waals surface area contributed by atoms with Crippen molar-refractivity contribution in [1.82, 2.24) is 10.6 Å². The van der Waals surface area contributed by atoms with Gasteiger partial charge in [0.1, 0.15) is 6.04 Å². The van der Waals surface area contributed by atoms with Crippen LogP contribution < -0.4 is 10.6 Å². The van der Waals surface area contributed by atoms with Gasteiger partial charge in [-0.05, 0) is 42.7 Å². The molecule has 0 saturated carbocycles. The third-order valence-electron chi connectivity index (χ3n) is 3.71. The van der Waals surface area contributed by atoms with E-state index in [2.05, 4.69) is 26.6 Å². The fourth-order valence-electron chi connectivity index (χ4n) is 2.29. The summed E-state index contributed by atoms with van der Waals surface area (Å²) in [5.41, 5.74) is 0.992. The van der Waals surface area contributed by atoms with Crippen LogP contribution in [0, 0.1) is 5.92 Å². The molecule has 0 aliphatic rings. The molecule has 2 unspecified atom stereocenters. The van der Waals surface area contributed by atoms with Crippen molar-refractivity contribution in [2.45, 2.75) is 32.9 Å². The Bertz CT molecular complexity index is 681. The highest BCUT2D eigenvalue weighted by Crippen LogP contribution is 2.17. The summed E-state index contributed by atoms with van der Waals surface area (Å²) in [5, 5.41) is 5.68. The van der Waals surface area contributed by atoms with Gasteiger partial charge in [0.25, 0.3) is 5.91 Å². The minimum Gasteiger partial charge on any atom is -0.459 e. The topological polar surface area (TPSA) is 71.3 Å². The van der Waals surface area contributed by atoms with Crippen LogP contribution in [0.2, 0.25) is 0 Å². The van der Waals surface area contributed by atoms with E-state index in [9.17, 15) is 9.59 Å². The van der Waals surface area contributed by atoms with Gasteiger partial charge in [0, 0.05) is 4.47 Å². The number of halogens is 1. The monoisotopic (exact) mass is 392 g/mol. The van der Waals surface area contributed by atoms with Crippen molar-refractivity contribution in [2.75, 3.05) is 0 Å². The molecule has 2 amide bonds. The molecule has 2 atom stereocenters. The van der Waals surface area contributed by atoms with Crippen molar-refractivity contribution in [3.05, 3.63) is 58.5 Å². The highest BCUT2D eigenvalue weighted by atomic mass is 79.9. The van der Waals surface area contributed by atoms with E-state index in [-0.39, 0.29) is 23.6 Å². The van der Waals surface area contributed by atoms with E-state index >= 15 is 0 Å². The molecule has 2 rings (SSSR count). The lowest BCUT2D eigenvalue weighted by Gasteiger charge is -2.24. The van der Waals surface area contributed by atoms with Gasteiger partial charge in [-0.1, -0.05) is 41.9 Å². The van der Waals surface area contributed by atoms with Gasteiger partial charge in [-0.2, -0.15) is 0 Å². The first-order valence-electron chi connectivity index (χ1n) is 7.78. The quantitative estimate of drug-likeness (QED) is 0.787. The smallest absolute Gasteiger partial charge is 0.287 e. The molecule has 0 aliphatic heterocycles. The van der Waals surface area contributed by atoms with E-state index in [4.69, 9.17) is 4.42 Å². The van der Waals surface area contributed by atoms with Crippen LogP contribution in [0.3, 0.4) is 0 Å². The highest BCUT2D eigenvalue weighted by molar-refractivity contribution is 9.10. The lowest BCUT2D eigenvalue weighted by Crippen LogP contribution is -2.50. The number of benzene rings is 1. The number of carbonyl (C=O) groups excluding carboxylic acids is 2. The molecular formula is C18H21BrN2O3. The second-order valence-electron chi connectivity index (χ2n) is 5.95. The molecule has 24 heavy (non-hydrogen) atoms. The van der Waals surface area contributed by atoms with E-state index in [1.807, 2.05) is 45.0 Å². The summed E-state index contributed by atoms with van der Waals surface area (Å²) in [4.78, 5) is 24.7. The molecule has 5 nitrogen and oxygen atoms in total. The maximum absolute atomic E-state index is 12.6. The first kappa shape index (κ1) is 18.3. The fraction of sp³-hybridized carbons (Fsp3) is 0.333. The van der Waals surface area contributed by atoms with Crippen LogP contribution in [-0.4, -0.2) is 17.9 Å². The summed E-state index contributed by atoms with van der Waals surface area (Å²) < 4.78 is 6.05. The minimum atomic E-state index is -0.638. The largest absolute Gasteiger partial charge is 0.459 e. The van der Waals surface area contributed by atoms with Crippen LogP contribution in [0.4, 0.5) is 0 Å². The number of amides is 2. The van der Waals surface area contributed by atoms with E-state index < -0.39 is 11.9 Å². The molecule has 1 aromatic heterocycles. The van der Waals surface area contributed by atoms with E-state index in [1.54, 1.807) is 12.1 Å². The van der Waals surface area contributed by atoms with Crippen LogP contribution in [0.25, 0.3) is 0 Å². The second-order valence-corrected chi connectivity index (χ2v) is 6.87. The average Bonchev–Trinajstić information content (AvgIpc) is 3.07. The lowest BCUT2D eigenvalue weighted by molar-refractivity contribution is -0.124. The van der Waals surface area contributed by atoms with Gasteiger partial charge in [-0.15, -0.1) is 0 Å². The van der Waals surface area contributed by atoms with Gasteiger partial charge in [0.2, 0.25) is 5.91 Å². The van der Waals surface area contributed by atoms with Crippen molar-refractivity contribution in [3.8, 4) is 0 Å². The van der Waals surface area contributed by atoms with E-state index in [0.29, 0.717) is 0 Å². The van der Waals surface area contributed by atoms with Gasteiger partial charge in [-0.25, -0.2) is 0 Å². The lowest BCUT2D eigenvalue weighted by atomic mass is 10.0. The normalized spacial score (nSPS) is 13.4. The molecule has 128 valence electrons. The number of hydrogen-bond acceptors (Lipinski definition) is 3. The molecule has 0 fully saturated rings. The summed E-state index contributed by atoms with van der Waals surface area (Å²) in [6.07, 6.45) is 1.43. The predicted octanol–water partition coefficient (Wildman–Crippen LogP) is 3.67. The standard InChI is InChI=1S/C18H21BrN2O3/c1-11(2)16(21-17(22)15-5-4-10-24-15)18(23)20-12(3)13-6-8-14(19)9-7-13/h4-12,16H,1-3H3,(H,20,23)(H,21,22). The van der Waals surface area contributed by atoms with Crippen LogP contribution in [0.1, 0.15) is 42.9 Å². The number of rotatable bonds is 6. The van der Waals surface area contributed by atoms with Crippen LogP contribution in [-0.2, 0) is 4.79 Å². The van der Waals surface area contributed by atoms with E-state index in [1.165, 1.54) is 6.26 Å². The maximum atomic E-state index is 12.6. The van der Waals surface area contributed by atoms with Crippen molar-refractivity contribution >= 4 is 27.7 Å². The fourth-order valence-corrected chi connectivity index (χ4v) is 2.56. The Balaban J connectivity index is 2.03. The summed E-state index contributed by atoms with van der Waals surface area (Å²) in [6.45, 7) is 5.68. The van der Waals surface area contributed by atoms with Gasteiger partial charge >= 0.3 is 0 Å². The maximum Gasteiger partial charge on any atom is 0.287 e. The van der Waals surface area contributed by atoms with Crippen LogP contribution in [0.5, 0.6) is 0 Å². The molecule has 0 radical (unpaired) electrons. The van der Waals surface area contributed by atoms with Gasteiger partial charge in [0.05, 0.1) is 12.3 Å². The molecule has 6 heteroatoms. The summed E-state index contributed by atoms with van der Waals surface area (Å²) >= 11 is 3.39. The zero-order valence-corrected chi connectivity index (χ0v) is 15.5. The van der Waals surface area contributed by atoms with Crippen LogP contribution >= 0.6 is 15.9 Å². The SMILES string of the molecule is CC(NC(=O)C(NC(=O)c1ccco1)C(C)C)c1ccc(Br)cc1. The third kappa shape index (κ3) is 4.71. The first-order chi connectivity index (χ1) is 11.4. The molecule has 2 aromatic rings. The zero-order valence-electron chi connectivity index (χ0n) is 13.9. The van der Waals surface area contributed by atoms with Crippen molar-refractivity contribution in [3.63, 3.8) is 0 Å². The molecule has 1 aromatic carbocycles. The Hall–Kier alpha value is -2.08.